The summed E-state index contributed by atoms with van der Waals surface area (Å²) >= 11 is 0. The van der Waals surface area contributed by atoms with Gasteiger partial charge in [-0.25, -0.2) is 4.98 Å². The largest absolute Gasteiger partial charge is 0.438 e. The van der Waals surface area contributed by atoms with Crippen LogP contribution in [0.15, 0.2) is 186 Å². The molecule has 0 atom stereocenters. The highest BCUT2D eigenvalue weighted by Gasteiger charge is 2.45. The van der Waals surface area contributed by atoms with Crippen molar-refractivity contribution in [3.8, 4) is 44.9 Å². The van der Waals surface area contributed by atoms with Crippen molar-refractivity contribution in [3.05, 3.63) is 204 Å². The normalized spacial score (nSPS) is 13.0. The Morgan fingerprint density at radius 2 is 0.980 bits per heavy atom. The van der Waals surface area contributed by atoms with E-state index in [0.717, 1.165) is 44.3 Å². The molecule has 0 saturated heterocycles. The molecular weight excluding hydrogens is 609 g/mol. The lowest BCUT2D eigenvalue weighted by Crippen LogP contribution is -2.28. The van der Waals surface area contributed by atoms with E-state index in [4.69, 9.17) is 14.4 Å². The maximum absolute atomic E-state index is 6.32. The quantitative estimate of drug-likeness (QED) is 0.188. The highest BCUT2D eigenvalue weighted by Crippen LogP contribution is 2.56. The van der Waals surface area contributed by atoms with Crippen LogP contribution in [-0.4, -0.2) is 9.97 Å². The Morgan fingerprint density at radius 3 is 1.74 bits per heavy atom. The maximum atomic E-state index is 6.32. The lowest BCUT2D eigenvalue weighted by Gasteiger charge is -2.34. The van der Waals surface area contributed by atoms with Gasteiger partial charge < -0.3 is 4.42 Å². The smallest absolute Gasteiger partial charge is 0.231 e. The summed E-state index contributed by atoms with van der Waals surface area (Å²) in [5.74, 6) is 0.632. The number of nitrogens with zero attached hydrogens (tertiary/aromatic N) is 2. The lowest BCUT2D eigenvalue weighted by molar-refractivity contribution is 0.653. The molecule has 0 unspecified atom stereocenters. The van der Waals surface area contributed by atoms with Gasteiger partial charge in [0.1, 0.15) is 5.58 Å². The summed E-state index contributed by atoms with van der Waals surface area (Å²) in [6.45, 7) is 0. The van der Waals surface area contributed by atoms with E-state index in [0.29, 0.717) is 11.5 Å². The lowest BCUT2D eigenvalue weighted by atomic mass is 9.67. The minimum absolute atomic E-state index is 0.456. The average molecular weight is 639 g/mol. The highest BCUT2D eigenvalue weighted by molar-refractivity contribution is 6.10. The zero-order valence-corrected chi connectivity index (χ0v) is 27.1. The first-order valence-electron chi connectivity index (χ1n) is 17.0. The van der Waals surface area contributed by atoms with Gasteiger partial charge in [-0.2, -0.15) is 4.98 Å². The van der Waals surface area contributed by atoms with Crippen LogP contribution in [0.2, 0.25) is 0 Å². The molecule has 0 saturated carbocycles. The molecule has 3 nitrogen and oxygen atoms in total. The van der Waals surface area contributed by atoms with Gasteiger partial charge in [0.05, 0.1) is 16.5 Å². The zero-order valence-electron chi connectivity index (χ0n) is 27.1. The Morgan fingerprint density at radius 1 is 0.420 bits per heavy atom. The van der Waals surface area contributed by atoms with E-state index in [1.165, 1.54) is 33.4 Å². The molecule has 9 aromatic rings. The summed E-state index contributed by atoms with van der Waals surface area (Å²) in [6, 6.07) is 64.6. The molecule has 1 aliphatic carbocycles. The molecule has 234 valence electrons. The Kier molecular flexibility index (Phi) is 6.40. The molecule has 0 radical (unpaired) electrons. The van der Waals surface area contributed by atoms with Crippen LogP contribution in [-0.2, 0) is 5.41 Å². The van der Waals surface area contributed by atoms with Crippen molar-refractivity contribution >= 4 is 22.1 Å². The van der Waals surface area contributed by atoms with Gasteiger partial charge in [0.15, 0.2) is 5.82 Å². The van der Waals surface area contributed by atoms with E-state index in [1.807, 2.05) is 36.4 Å². The molecule has 0 spiro atoms. The molecule has 2 aromatic heterocycles. The summed E-state index contributed by atoms with van der Waals surface area (Å²) in [4.78, 5) is 10.2. The fourth-order valence-corrected chi connectivity index (χ4v) is 8.04. The van der Waals surface area contributed by atoms with E-state index >= 15 is 0 Å². The van der Waals surface area contributed by atoms with Gasteiger partial charge in [-0.3, -0.25) is 0 Å². The molecule has 3 heteroatoms. The summed E-state index contributed by atoms with van der Waals surface area (Å²) < 4.78 is 6.32. The molecule has 10 rings (SSSR count). The predicted molar refractivity (Wildman–Crippen MR) is 203 cm³/mol. The van der Waals surface area contributed by atoms with E-state index in [1.54, 1.807) is 0 Å². The summed E-state index contributed by atoms with van der Waals surface area (Å²) in [5, 5.41) is 1.95. The van der Waals surface area contributed by atoms with Gasteiger partial charge in [-0.1, -0.05) is 164 Å². The Labute approximate surface area is 290 Å². The van der Waals surface area contributed by atoms with Crippen molar-refractivity contribution in [2.24, 2.45) is 0 Å². The SMILES string of the molecule is c1ccc(-c2nc(-c3cccc(-c4cccc(C5(c6ccccc6)c6ccccc6-c6ccccc65)c4)c3)nc3oc4ccccc4c23)cc1. The number of fused-ring (bicyclic) bond motifs is 6. The van der Waals surface area contributed by atoms with Crippen molar-refractivity contribution in [1.82, 2.24) is 9.97 Å². The van der Waals surface area contributed by atoms with Crippen molar-refractivity contribution in [1.29, 1.82) is 0 Å². The fourth-order valence-electron chi connectivity index (χ4n) is 8.04. The van der Waals surface area contributed by atoms with Crippen LogP contribution in [0.4, 0.5) is 0 Å². The average Bonchev–Trinajstić information content (AvgIpc) is 3.72. The van der Waals surface area contributed by atoms with Gasteiger partial charge >= 0.3 is 0 Å². The van der Waals surface area contributed by atoms with Gasteiger partial charge in [-0.05, 0) is 62.7 Å². The number of hydrogen-bond donors (Lipinski definition) is 0. The monoisotopic (exact) mass is 638 g/mol. The van der Waals surface area contributed by atoms with Gasteiger partial charge in [0.25, 0.3) is 0 Å². The summed E-state index contributed by atoms with van der Waals surface area (Å²) in [5.41, 5.74) is 13.7. The first kappa shape index (κ1) is 28.4. The number of furan rings is 1. The van der Waals surface area contributed by atoms with Crippen LogP contribution < -0.4 is 0 Å². The molecule has 0 aliphatic heterocycles. The van der Waals surface area contributed by atoms with Crippen molar-refractivity contribution in [2.75, 3.05) is 0 Å². The Hall–Kier alpha value is -6.58. The van der Waals surface area contributed by atoms with E-state index in [9.17, 15) is 0 Å². The summed E-state index contributed by atoms with van der Waals surface area (Å²) in [6.07, 6.45) is 0. The van der Waals surface area contributed by atoms with Gasteiger partial charge in [0.2, 0.25) is 5.71 Å². The third kappa shape index (κ3) is 4.23. The predicted octanol–water partition coefficient (Wildman–Crippen LogP) is 11.7. The van der Waals surface area contributed by atoms with E-state index < -0.39 is 5.41 Å². The minimum Gasteiger partial charge on any atom is -0.438 e. The van der Waals surface area contributed by atoms with Crippen LogP contribution >= 0.6 is 0 Å². The molecule has 0 amide bonds. The standard InChI is InChI=1S/C47H30N2O/c1-3-15-31(16-4-1)44-43-39-25-9-12-28-42(39)50-46(43)49-45(48-44)34-19-13-17-32(29-34)33-18-14-22-36(30-33)47(35-20-5-2-6-21-35)40-26-10-7-23-37(40)38-24-8-11-27-41(38)47/h1-30H. The third-order valence-electron chi connectivity index (χ3n) is 10.2. The molecule has 1 aliphatic rings. The second-order valence-electron chi connectivity index (χ2n) is 12.9. The highest BCUT2D eigenvalue weighted by atomic mass is 16.3. The molecule has 0 bridgehead atoms. The van der Waals surface area contributed by atoms with Crippen LogP contribution in [0.1, 0.15) is 22.3 Å². The molecule has 7 aromatic carbocycles. The number of hydrogen-bond acceptors (Lipinski definition) is 3. The van der Waals surface area contributed by atoms with Crippen LogP contribution in [0.25, 0.3) is 67.0 Å². The van der Waals surface area contributed by atoms with Crippen LogP contribution in [0.3, 0.4) is 0 Å². The molecule has 2 heterocycles. The molecule has 50 heavy (non-hydrogen) atoms. The Bertz CT molecular complexity index is 2660. The molecule has 0 N–H and O–H groups in total. The van der Waals surface area contributed by atoms with Crippen molar-refractivity contribution in [2.45, 2.75) is 5.41 Å². The second-order valence-corrected chi connectivity index (χ2v) is 12.9. The second kappa shape index (κ2) is 11.3. The van der Waals surface area contributed by atoms with Gasteiger partial charge in [0, 0.05) is 16.5 Å². The third-order valence-corrected chi connectivity index (χ3v) is 10.2. The van der Waals surface area contributed by atoms with Crippen LogP contribution in [0, 0.1) is 0 Å². The van der Waals surface area contributed by atoms with Crippen molar-refractivity contribution < 1.29 is 4.42 Å². The number of aromatic nitrogens is 2. The minimum atomic E-state index is -0.456. The fraction of sp³-hybridized carbons (Fsp3) is 0.0213. The first-order chi connectivity index (χ1) is 24.8. The number of para-hydroxylation sites is 1. The van der Waals surface area contributed by atoms with E-state index in [-0.39, 0.29) is 0 Å². The zero-order chi connectivity index (χ0) is 33.1. The van der Waals surface area contributed by atoms with Crippen LogP contribution in [0.5, 0.6) is 0 Å². The maximum Gasteiger partial charge on any atom is 0.231 e. The molecule has 0 fully saturated rings. The van der Waals surface area contributed by atoms with E-state index in [2.05, 4.69) is 146 Å². The number of rotatable bonds is 5. The topological polar surface area (TPSA) is 38.9 Å². The Balaban J connectivity index is 1.15. The van der Waals surface area contributed by atoms with Gasteiger partial charge in [-0.15, -0.1) is 0 Å². The summed E-state index contributed by atoms with van der Waals surface area (Å²) in [7, 11) is 0. The first-order valence-corrected chi connectivity index (χ1v) is 17.0. The molecular formula is C47H30N2O. The number of benzene rings is 7. The van der Waals surface area contributed by atoms with Crippen molar-refractivity contribution in [3.63, 3.8) is 0 Å².